The van der Waals surface area contributed by atoms with Crippen LogP contribution in [-0.2, 0) is 11.3 Å². The number of ether oxygens (including phenoxy) is 1. The lowest BCUT2D eigenvalue weighted by Crippen LogP contribution is -2.07. The van der Waals surface area contributed by atoms with E-state index in [1.165, 1.54) is 0 Å². The van der Waals surface area contributed by atoms with Crippen molar-refractivity contribution in [1.29, 1.82) is 0 Å². The zero-order chi connectivity index (χ0) is 13.0. The van der Waals surface area contributed by atoms with Gasteiger partial charge in [-0.25, -0.2) is 4.79 Å². The summed E-state index contributed by atoms with van der Waals surface area (Å²) in [6.45, 7) is -0.296. The molecule has 0 atom stereocenters. The number of hydrogen-bond acceptors (Lipinski definition) is 5. The molecular formula is C13H10O5. The predicted molar refractivity (Wildman–Crippen MR) is 62.2 cm³/mol. The molecular weight excluding hydrogens is 236 g/mol. The summed E-state index contributed by atoms with van der Waals surface area (Å²) in [4.78, 5) is 22.7. The minimum atomic E-state index is -0.577. The fourth-order valence-corrected chi connectivity index (χ4v) is 1.34. The summed E-state index contributed by atoms with van der Waals surface area (Å²) in [5.41, 5.74) is -0.192. The molecule has 1 aromatic carbocycles. The van der Waals surface area contributed by atoms with Crippen molar-refractivity contribution in [2.75, 3.05) is 0 Å². The van der Waals surface area contributed by atoms with Crippen molar-refractivity contribution in [2.45, 2.75) is 6.61 Å². The van der Waals surface area contributed by atoms with Gasteiger partial charge in [0.05, 0.1) is 11.8 Å². The lowest BCUT2D eigenvalue weighted by atomic mass is 10.2. The monoisotopic (exact) mass is 246 g/mol. The Morgan fingerprint density at radius 1 is 1.22 bits per heavy atom. The van der Waals surface area contributed by atoms with Crippen molar-refractivity contribution in [1.82, 2.24) is 0 Å². The van der Waals surface area contributed by atoms with E-state index in [9.17, 15) is 14.7 Å². The summed E-state index contributed by atoms with van der Waals surface area (Å²) in [7, 11) is 0. The largest absolute Gasteiger partial charge is 0.502 e. The first-order chi connectivity index (χ1) is 8.68. The number of hydrogen-bond donors (Lipinski definition) is 1. The van der Waals surface area contributed by atoms with Crippen molar-refractivity contribution < 1.29 is 19.1 Å². The van der Waals surface area contributed by atoms with Crippen LogP contribution < -0.4 is 5.43 Å². The fraction of sp³-hybridized carbons (Fsp3) is 0.0769. The number of esters is 1. The van der Waals surface area contributed by atoms with Gasteiger partial charge in [0.25, 0.3) is 0 Å². The van der Waals surface area contributed by atoms with Crippen LogP contribution in [0.15, 0.2) is 51.9 Å². The van der Waals surface area contributed by atoms with Crippen LogP contribution in [0.5, 0.6) is 5.75 Å². The highest BCUT2D eigenvalue weighted by Crippen LogP contribution is 2.12. The van der Waals surface area contributed by atoms with Crippen LogP contribution in [0.25, 0.3) is 0 Å². The Kier molecular flexibility index (Phi) is 3.43. The second-order valence-corrected chi connectivity index (χ2v) is 3.50. The molecule has 5 heteroatoms. The quantitative estimate of drug-likeness (QED) is 0.834. The topological polar surface area (TPSA) is 76.7 Å². The summed E-state index contributed by atoms with van der Waals surface area (Å²) in [6.07, 6.45) is 1.13. The normalized spacial score (nSPS) is 10.0. The molecule has 1 N–H and O–H groups in total. The summed E-state index contributed by atoms with van der Waals surface area (Å²) in [6, 6.07) is 9.47. The molecule has 0 fully saturated rings. The summed E-state index contributed by atoms with van der Waals surface area (Å²) in [5.74, 6) is -1.17. The molecule has 0 aliphatic carbocycles. The standard InChI is InChI=1S/C13H10O5/c14-10-6-7-17-11(12(10)15)8-18-13(16)9-4-2-1-3-5-9/h1-7,15H,8H2. The van der Waals surface area contributed by atoms with Gasteiger partial charge >= 0.3 is 5.97 Å². The van der Waals surface area contributed by atoms with E-state index < -0.39 is 17.1 Å². The Hall–Kier alpha value is -2.56. The predicted octanol–water partition coefficient (Wildman–Crippen LogP) is 1.70. The molecule has 5 nitrogen and oxygen atoms in total. The Balaban J connectivity index is 2.07. The summed E-state index contributed by atoms with van der Waals surface area (Å²) < 4.78 is 9.82. The van der Waals surface area contributed by atoms with Crippen LogP contribution in [0.3, 0.4) is 0 Å². The molecule has 0 saturated heterocycles. The Labute approximate surface area is 102 Å². The molecule has 0 aliphatic heterocycles. The van der Waals surface area contributed by atoms with E-state index in [1.807, 2.05) is 0 Å². The van der Waals surface area contributed by atoms with E-state index in [0.717, 1.165) is 12.3 Å². The molecule has 0 unspecified atom stereocenters. The second kappa shape index (κ2) is 5.18. The van der Waals surface area contributed by atoms with Gasteiger partial charge in [-0.2, -0.15) is 0 Å². The Bertz CT molecular complexity index is 600. The van der Waals surface area contributed by atoms with Crippen molar-refractivity contribution in [3.8, 4) is 5.75 Å². The van der Waals surface area contributed by atoms with Gasteiger partial charge in [-0.05, 0) is 12.1 Å². The minimum absolute atomic E-state index is 0.0771. The van der Waals surface area contributed by atoms with Crippen molar-refractivity contribution >= 4 is 5.97 Å². The highest BCUT2D eigenvalue weighted by atomic mass is 16.5. The average Bonchev–Trinajstić information content (AvgIpc) is 2.41. The summed E-state index contributed by atoms with van der Waals surface area (Å²) >= 11 is 0. The van der Waals surface area contributed by atoms with Gasteiger partial charge in [0.1, 0.15) is 0 Å². The van der Waals surface area contributed by atoms with Gasteiger partial charge in [-0.1, -0.05) is 18.2 Å². The number of carbonyl (C=O) groups is 1. The van der Waals surface area contributed by atoms with E-state index in [1.54, 1.807) is 30.3 Å². The zero-order valence-electron chi connectivity index (χ0n) is 9.33. The van der Waals surface area contributed by atoms with Crippen LogP contribution in [0.4, 0.5) is 0 Å². The number of aromatic hydroxyl groups is 1. The van der Waals surface area contributed by atoms with E-state index in [-0.39, 0.29) is 12.4 Å². The van der Waals surface area contributed by atoms with Crippen LogP contribution in [0.2, 0.25) is 0 Å². The first kappa shape index (κ1) is 11.9. The van der Waals surface area contributed by atoms with Gasteiger partial charge in [0.15, 0.2) is 12.4 Å². The van der Waals surface area contributed by atoms with Gasteiger partial charge in [0, 0.05) is 6.07 Å². The lowest BCUT2D eigenvalue weighted by Gasteiger charge is -2.04. The van der Waals surface area contributed by atoms with Crippen LogP contribution in [-0.4, -0.2) is 11.1 Å². The van der Waals surface area contributed by atoms with Crippen LogP contribution >= 0.6 is 0 Å². The molecule has 0 radical (unpaired) electrons. The molecule has 0 bridgehead atoms. The van der Waals surface area contributed by atoms with Gasteiger partial charge in [0.2, 0.25) is 11.2 Å². The maximum Gasteiger partial charge on any atom is 0.338 e. The smallest absolute Gasteiger partial charge is 0.338 e. The van der Waals surface area contributed by atoms with E-state index >= 15 is 0 Å². The van der Waals surface area contributed by atoms with Crippen molar-refractivity contribution in [3.05, 3.63) is 64.2 Å². The average molecular weight is 246 g/mol. The molecule has 0 amide bonds. The molecule has 2 rings (SSSR count). The second-order valence-electron chi connectivity index (χ2n) is 3.50. The van der Waals surface area contributed by atoms with E-state index in [0.29, 0.717) is 5.56 Å². The van der Waals surface area contributed by atoms with Gasteiger partial charge in [-0.15, -0.1) is 0 Å². The SMILES string of the molecule is O=C(OCc1occc(=O)c1O)c1ccccc1. The molecule has 0 aliphatic rings. The third-order valence-corrected chi connectivity index (χ3v) is 2.27. The minimum Gasteiger partial charge on any atom is -0.502 e. The molecule has 92 valence electrons. The van der Waals surface area contributed by atoms with Crippen LogP contribution in [0, 0.1) is 0 Å². The molecule has 1 aromatic heterocycles. The van der Waals surface area contributed by atoms with E-state index in [2.05, 4.69) is 0 Å². The van der Waals surface area contributed by atoms with Crippen molar-refractivity contribution in [2.24, 2.45) is 0 Å². The molecule has 0 saturated carbocycles. The zero-order valence-corrected chi connectivity index (χ0v) is 9.33. The van der Waals surface area contributed by atoms with Crippen LogP contribution in [0.1, 0.15) is 16.1 Å². The Morgan fingerprint density at radius 3 is 2.67 bits per heavy atom. The highest BCUT2D eigenvalue weighted by molar-refractivity contribution is 5.89. The maximum atomic E-state index is 11.6. The number of benzene rings is 1. The number of rotatable bonds is 3. The highest BCUT2D eigenvalue weighted by Gasteiger charge is 2.11. The van der Waals surface area contributed by atoms with Gasteiger partial charge < -0.3 is 14.3 Å². The Morgan fingerprint density at radius 2 is 1.94 bits per heavy atom. The molecule has 2 aromatic rings. The lowest BCUT2D eigenvalue weighted by molar-refractivity contribution is 0.0438. The fourth-order valence-electron chi connectivity index (χ4n) is 1.34. The molecule has 1 heterocycles. The summed E-state index contributed by atoms with van der Waals surface area (Å²) in [5, 5.41) is 9.38. The van der Waals surface area contributed by atoms with E-state index in [4.69, 9.17) is 9.15 Å². The van der Waals surface area contributed by atoms with Gasteiger partial charge in [-0.3, -0.25) is 4.79 Å². The molecule has 18 heavy (non-hydrogen) atoms. The first-order valence-electron chi connectivity index (χ1n) is 5.20. The third kappa shape index (κ3) is 2.57. The van der Waals surface area contributed by atoms with Crippen molar-refractivity contribution in [3.63, 3.8) is 0 Å². The maximum absolute atomic E-state index is 11.6. The molecule has 0 spiro atoms. The third-order valence-electron chi connectivity index (χ3n) is 2.27. The first-order valence-corrected chi connectivity index (χ1v) is 5.20. The number of carbonyl (C=O) groups excluding carboxylic acids is 1.